The van der Waals surface area contributed by atoms with Crippen LogP contribution < -0.4 is 5.32 Å². The van der Waals surface area contributed by atoms with Gasteiger partial charge in [0, 0.05) is 13.1 Å². The van der Waals surface area contributed by atoms with Crippen molar-refractivity contribution < 1.29 is 17.9 Å². The highest BCUT2D eigenvalue weighted by atomic mass is 19.4. The Morgan fingerprint density at radius 2 is 1.89 bits per heavy atom. The zero-order chi connectivity index (χ0) is 13.6. The Morgan fingerprint density at radius 1 is 1.28 bits per heavy atom. The van der Waals surface area contributed by atoms with Gasteiger partial charge in [-0.3, -0.25) is 0 Å². The summed E-state index contributed by atoms with van der Waals surface area (Å²) in [6, 6.07) is 0. The van der Waals surface area contributed by atoms with Crippen molar-refractivity contribution in [2.45, 2.75) is 25.9 Å². The standard InChI is InChI=1S/C12H23F3N2O/c1-11(3-6-17(2)7-4-11)9-16-5-8-18-10-12(13,14)15/h16H,3-10H2,1-2H3. The van der Waals surface area contributed by atoms with E-state index in [-0.39, 0.29) is 12.0 Å². The van der Waals surface area contributed by atoms with Crippen LogP contribution in [0.4, 0.5) is 13.2 Å². The lowest BCUT2D eigenvalue weighted by atomic mass is 9.80. The predicted molar refractivity (Wildman–Crippen MR) is 64.6 cm³/mol. The first kappa shape index (κ1) is 15.7. The lowest BCUT2D eigenvalue weighted by Crippen LogP contribution is -2.42. The normalized spacial score (nSPS) is 21.2. The van der Waals surface area contributed by atoms with Crippen LogP contribution in [0.25, 0.3) is 0 Å². The Bertz CT molecular complexity index is 238. The fourth-order valence-corrected chi connectivity index (χ4v) is 2.06. The van der Waals surface area contributed by atoms with Crippen LogP contribution in [-0.4, -0.2) is 57.5 Å². The minimum atomic E-state index is -4.22. The van der Waals surface area contributed by atoms with Crippen molar-refractivity contribution in [2.75, 3.05) is 46.4 Å². The van der Waals surface area contributed by atoms with Crippen LogP contribution in [0.3, 0.4) is 0 Å². The lowest BCUT2D eigenvalue weighted by Gasteiger charge is -2.38. The van der Waals surface area contributed by atoms with Crippen LogP contribution >= 0.6 is 0 Å². The first-order chi connectivity index (χ1) is 8.31. The van der Waals surface area contributed by atoms with Crippen LogP contribution in [0.5, 0.6) is 0 Å². The van der Waals surface area contributed by atoms with E-state index in [4.69, 9.17) is 0 Å². The number of halogens is 3. The van der Waals surface area contributed by atoms with Crippen molar-refractivity contribution in [3.8, 4) is 0 Å². The van der Waals surface area contributed by atoms with Crippen molar-refractivity contribution >= 4 is 0 Å². The van der Waals surface area contributed by atoms with Gasteiger partial charge in [-0.15, -0.1) is 0 Å². The topological polar surface area (TPSA) is 24.5 Å². The van der Waals surface area contributed by atoms with Gasteiger partial charge in [-0.25, -0.2) is 0 Å². The van der Waals surface area contributed by atoms with Gasteiger partial charge in [-0.1, -0.05) is 6.92 Å². The number of rotatable bonds is 6. The molecule has 6 heteroatoms. The van der Waals surface area contributed by atoms with E-state index in [2.05, 4.69) is 28.9 Å². The fourth-order valence-electron chi connectivity index (χ4n) is 2.06. The quantitative estimate of drug-likeness (QED) is 0.745. The highest BCUT2D eigenvalue weighted by Crippen LogP contribution is 2.29. The van der Waals surface area contributed by atoms with E-state index in [0.29, 0.717) is 6.54 Å². The summed E-state index contributed by atoms with van der Waals surface area (Å²) in [5.41, 5.74) is 0.260. The second-order valence-corrected chi connectivity index (χ2v) is 5.46. The first-order valence-corrected chi connectivity index (χ1v) is 6.35. The number of nitrogens with zero attached hydrogens (tertiary/aromatic N) is 1. The molecular formula is C12H23F3N2O. The third kappa shape index (κ3) is 6.56. The molecule has 0 aromatic carbocycles. The van der Waals surface area contributed by atoms with Crippen LogP contribution in [-0.2, 0) is 4.74 Å². The molecule has 1 aliphatic rings. The summed E-state index contributed by atoms with van der Waals surface area (Å²) in [6.07, 6.45) is -1.97. The fraction of sp³-hybridized carbons (Fsp3) is 1.00. The van der Waals surface area contributed by atoms with E-state index < -0.39 is 12.8 Å². The van der Waals surface area contributed by atoms with E-state index in [0.717, 1.165) is 32.5 Å². The van der Waals surface area contributed by atoms with Crippen molar-refractivity contribution in [2.24, 2.45) is 5.41 Å². The molecule has 1 N–H and O–H groups in total. The molecule has 0 aromatic heterocycles. The Hall–Kier alpha value is -0.330. The first-order valence-electron chi connectivity index (χ1n) is 6.35. The van der Waals surface area contributed by atoms with E-state index in [1.807, 2.05) is 0 Å². The summed E-state index contributed by atoms with van der Waals surface area (Å²) < 4.78 is 40.0. The zero-order valence-corrected chi connectivity index (χ0v) is 11.1. The summed E-state index contributed by atoms with van der Waals surface area (Å²) in [7, 11) is 2.11. The second kappa shape index (κ2) is 6.73. The van der Waals surface area contributed by atoms with E-state index in [1.165, 1.54) is 0 Å². The summed E-state index contributed by atoms with van der Waals surface area (Å²) in [4.78, 5) is 2.30. The number of piperidine rings is 1. The van der Waals surface area contributed by atoms with Crippen molar-refractivity contribution in [1.82, 2.24) is 10.2 Å². The molecule has 0 atom stereocenters. The van der Waals surface area contributed by atoms with E-state index >= 15 is 0 Å². The molecule has 0 amide bonds. The Labute approximate surface area is 107 Å². The SMILES string of the molecule is CN1CCC(C)(CNCCOCC(F)(F)F)CC1. The molecule has 1 aliphatic heterocycles. The van der Waals surface area contributed by atoms with Gasteiger partial charge in [-0.2, -0.15) is 13.2 Å². The molecule has 1 heterocycles. The Morgan fingerprint density at radius 3 is 2.44 bits per heavy atom. The number of hydrogen-bond acceptors (Lipinski definition) is 3. The molecule has 1 saturated heterocycles. The highest BCUT2D eigenvalue weighted by Gasteiger charge is 2.29. The number of likely N-dealkylation sites (tertiary alicyclic amines) is 1. The minimum Gasteiger partial charge on any atom is -0.371 e. The Balaban J connectivity index is 2.04. The maximum Gasteiger partial charge on any atom is 0.411 e. The molecule has 0 aliphatic carbocycles. The molecule has 0 aromatic rings. The van der Waals surface area contributed by atoms with Crippen LogP contribution in [0.2, 0.25) is 0 Å². The molecule has 108 valence electrons. The van der Waals surface area contributed by atoms with Crippen molar-refractivity contribution in [1.29, 1.82) is 0 Å². The van der Waals surface area contributed by atoms with Gasteiger partial charge in [0.05, 0.1) is 6.61 Å². The second-order valence-electron chi connectivity index (χ2n) is 5.46. The average Bonchev–Trinajstić information content (AvgIpc) is 2.27. The largest absolute Gasteiger partial charge is 0.411 e. The van der Waals surface area contributed by atoms with E-state index in [9.17, 15) is 13.2 Å². The minimum absolute atomic E-state index is 0.107. The Kier molecular flexibility index (Phi) is 5.88. The molecule has 0 saturated carbocycles. The number of hydrogen-bond donors (Lipinski definition) is 1. The lowest BCUT2D eigenvalue weighted by molar-refractivity contribution is -0.173. The van der Waals surface area contributed by atoms with Crippen LogP contribution in [0.1, 0.15) is 19.8 Å². The summed E-state index contributed by atoms with van der Waals surface area (Å²) in [6.45, 7) is 4.67. The van der Waals surface area contributed by atoms with Gasteiger partial charge in [-0.05, 0) is 38.4 Å². The third-order valence-corrected chi connectivity index (χ3v) is 3.43. The average molecular weight is 268 g/mol. The maximum atomic E-state index is 11.8. The van der Waals surface area contributed by atoms with Gasteiger partial charge in [0.25, 0.3) is 0 Å². The number of ether oxygens (including phenoxy) is 1. The molecule has 3 nitrogen and oxygen atoms in total. The van der Waals surface area contributed by atoms with Gasteiger partial charge in [0.2, 0.25) is 0 Å². The monoisotopic (exact) mass is 268 g/mol. The van der Waals surface area contributed by atoms with Gasteiger partial charge in [0.15, 0.2) is 0 Å². The molecule has 18 heavy (non-hydrogen) atoms. The maximum absolute atomic E-state index is 11.8. The van der Waals surface area contributed by atoms with Gasteiger partial charge < -0.3 is 15.0 Å². The van der Waals surface area contributed by atoms with E-state index in [1.54, 1.807) is 0 Å². The van der Waals surface area contributed by atoms with Crippen molar-refractivity contribution in [3.63, 3.8) is 0 Å². The molecule has 0 unspecified atom stereocenters. The summed E-state index contributed by atoms with van der Waals surface area (Å²) in [5.74, 6) is 0. The van der Waals surface area contributed by atoms with Gasteiger partial charge >= 0.3 is 6.18 Å². The third-order valence-electron chi connectivity index (χ3n) is 3.43. The number of alkyl halides is 3. The van der Waals surface area contributed by atoms with Gasteiger partial charge in [0.1, 0.15) is 6.61 Å². The molecule has 0 spiro atoms. The summed E-state index contributed by atoms with van der Waals surface area (Å²) in [5, 5.41) is 3.19. The molecule has 1 fully saturated rings. The summed E-state index contributed by atoms with van der Waals surface area (Å²) >= 11 is 0. The number of nitrogens with one attached hydrogen (secondary N) is 1. The predicted octanol–water partition coefficient (Wildman–Crippen LogP) is 1.89. The van der Waals surface area contributed by atoms with Crippen LogP contribution in [0, 0.1) is 5.41 Å². The molecule has 0 bridgehead atoms. The van der Waals surface area contributed by atoms with Crippen LogP contribution in [0.15, 0.2) is 0 Å². The molecular weight excluding hydrogens is 245 g/mol. The highest BCUT2D eigenvalue weighted by molar-refractivity contribution is 4.83. The molecule has 1 rings (SSSR count). The smallest absolute Gasteiger partial charge is 0.371 e. The zero-order valence-electron chi connectivity index (χ0n) is 11.1. The molecule has 0 radical (unpaired) electrons. The van der Waals surface area contributed by atoms with Crippen molar-refractivity contribution in [3.05, 3.63) is 0 Å².